The molecule has 1 amide bonds. The quantitative estimate of drug-likeness (QED) is 0.671. The molecule has 160 valence electrons. The van der Waals surface area contributed by atoms with E-state index in [4.69, 9.17) is 14.5 Å². The van der Waals surface area contributed by atoms with Crippen LogP contribution < -0.4 is 14.5 Å². The van der Waals surface area contributed by atoms with E-state index in [2.05, 4.69) is 30.7 Å². The van der Waals surface area contributed by atoms with Crippen LogP contribution in [-0.2, 0) is 4.74 Å². The Morgan fingerprint density at radius 3 is 2.47 bits per heavy atom. The van der Waals surface area contributed by atoms with E-state index < -0.39 is 0 Å². The fourth-order valence-corrected chi connectivity index (χ4v) is 4.12. The zero-order valence-electron chi connectivity index (χ0n) is 17.3. The normalized spacial score (nSPS) is 17.2. The van der Waals surface area contributed by atoms with Crippen molar-refractivity contribution in [2.45, 2.75) is 6.92 Å². The van der Waals surface area contributed by atoms with E-state index in [-0.39, 0.29) is 5.91 Å². The molecular formula is C21H26BrN5O3. The van der Waals surface area contributed by atoms with Gasteiger partial charge in [-0.25, -0.2) is 4.98 Å². The molecule has 0 spiro atoms. The first-order valence-corrected chi connectivity index (χ1v) is 10.9. The van der Waals surface area contributed by atoms with Gasteiger partial charge < -0.3 is 24.2 Å². The maximum absolute atomic E-state index is 13.0. The van der Waals surface area contributed by atoms with Gasteiger partial charge in [0.15, 0.2) is 0 Å². The van der Waals surface area contributed by atoms with Crippen LogP contribution in [0.2, 0.25) is 0 Å². The summed E-state index contributed by atoms with van der Waals surface area (Å²) in [4.78, 5) is 28.7. The molecule has 0 unspecified atom stereocenters. The number of morpholine rings is 1. The predicted molar refractivity (Wildman–Crippen MR) is 119 cm³/mol. The standard InChI is InChI=1S/C21H26BrN5O3/c1-15-13-19(24-21(23-15)27-9-11-30-12-10-27)25-5-7-26(8-6-25)20(28)17-14-16(29-2)3-4-18(17)22/h3-4,13-14H,5-12H2,1-2H3. The SMILES string of the molecule is COc1ccc(Br)c(C(=O)N2CCN(c3cc(C)nc(N4CCOCC4)n3)CC2)c1. The summed E-state index contributed by atoms with van der Waals surface area (Å²) in [5.74, 6) is 2.35. The number of aromatic nitrogens is 2. The lowest BCUT2D eigenvalue weighted by atomic mass is 10.1. The Balaban J connectivity index is 1.44. The van der Waals surface area contributed by atoms with Crippen LogP contribution in [0.15, 0.2) is 28.7 Å². The number of aryl methyl sites for hydroxylation is 1. The van der Waals surface area contributed by atoms with Gasteiger partial charge in [-0.05, 0) is 41.1 Å². The van der Waals surface area contributed by atoms with Crippen molar-refractivity contribution < 1.29 is 14.3 Å². The number of carbonyl (C=O) groups excluding carboxylic acids is 1. The van der Waals surface area contributed by atoms with E-state index in [9.17, 15) is 4.79 Å². The van der Waals surface area contributed by atoms with Crippen LogP contribution in [0.25, 0.3) is 0 Å². The van der Waals surface area contributed by atoms with Gasteiger partial charge in [-0.3, -0.25) is 4.79 Å². The van der Waals surface area contributed by atoms with Crippen molar-refractivity contribution in [1.29, 1.82) is 0 Å². The summed E-state index contributed by atoms with van der Waals surface area (Å²) in [6, 6.07) is 7.47. The van der Waals surface area contributed by atoms with Crippen LogP contribution >= 0.6 is 15.9 Å². The van der Waals surface area contributed by atoms with Crippen LogP contribution in [0.5, 0.6) is 5.75 Å². The van der Waals surface area contributed by atoms with Crippen molar-refractivity contribution in [1.82, 2.24) is 14.9 Å². The summed E-state index contributed by atoms with van der Waals surface area (Å²) in [5.41, 5.74) is 1.57. The lowest BCUT2D eigenvalue weighted by Gasteiger charge is -2.36. The first-order valence-electron chi connectivity index (χ1n) is 10.1. The number of methoxy groups -OCH3 is 1. The molecule has 8 nitrogen and oxygen atoms in total. The summed E-state index contributed by atoms with van der Waals surface area (Å²) in [6.07, 6.45) is 0. The number of carbonyl (C=O) groups is 1. The molecule has 30 heavy (non-hydrogen) atoms. The number of rotatable bonds is 4. The Bertz CT molecular complexity index is 912. The molecule has 9 heteroatoms. The largest absolute Gasteiger partial charge is 0.497 e. The number of ether oxygens (including phenoxy) is 2. The minimum absolute atomic E-state index is 0.00768. The van der Waals surface area contributed by atoms with Crippen molar-refractivity contribution in [3.05, 3.63) is 40.0 Å². The number of benzene rings is 1. The summed E-state index contributed by atoms with van der Waals surface area (Å²) in [6.45, 7) is 7.74. The number of hydrogen-bond acceptors (Lipinski definition) is 7. The second-order valence-electron chi connectivity index (χ2n) is 7.39. The molecular weight excluding hydrogens is 450 g/mol. The van der Waals surface area contributed by atoms with E-state index >= 15 is 0 Å². The third-order valence-electron chi connectivity index (χ3n) is 5.42. The van der Waals surface area contributed by atoms with Gasteiger partial charge in [-0.1, -0.05) is 0 Å². The monoisotopic (exact) mass is 475 g/mol. The molecule has 2 saturated heterocycles. The van der Waals surface area contributed by atoms with Crippen LogP contribution in [-0.4, -0.2) is 80.4 Å². The minimum Gasteiger partial charge on any atom is -0.497 e. The molecule has 2 aromatic rings. The number of hydrogen-bond donors (Lipinski definition) is 0. The second kappa shape index (κ2) is 9.18. The average molecular weight is 476 g/mol. The fourth-order valence-electron chi connectivity index (χ4n) is 3.71. The summed E-state index contributed by atoms with van der Waals surface area (Å²) in [5, 5.41) is 0. The van der Waals surface area contributed by atoms with Gasteiger partial charge in [-0.15, -0.1) is 0 Å². The molecule has 2 fully saturated rings. The highest BCUT2D eigenvalue weighted by Crippen LogP contribution is 2.25. The van der Waals surface area contributed by atoms with Crippen molar-refractivity contribution in [2.24, 2.45) is 0 Å². The lowest BCUT2D eigenvalue weighted by Crippen LogP contribution is -2.49. The molecule has 1 aromatic carbocycles. The van der Waals surface area contributed by atoms with E-state index in [1.165, 1.54) is 0 Å². The highest BCUT2D eigenvalue weighted by Gasteiger charge is 2.25. The molecule has 0 radical (unpaired) electrons. The van der Waals surface area contributed by atoms with E-state index in [1.807, 2.05) is 30.0 Å². The zero-order valence-corrected chi connectivity index (χ0v) is 18.9. The summed E-state index contributed by atoms with van der Waals surface area (Å²) >= 11 is 3.49. The third-order valence-corrected chi connectivity index (χ3v) is 6.11. The highest BCUT2D eigenvalue weighted by atomic mass is 79.9. The highest BCUT2D eigenvalue weighted by molar-refractivity contribution is 9.10. The molecule has 0 bridgehead atoms. The number of amides is 1. The van der Waals surface area contributed by atoms with E-state index in [0.717, 1.165) is 48.1 Å². The zero-order chi connectivity index (χ0) is 21.1. The number of nitrogens with zero attached hydrogens (tertiary/aromatic N) is 5. The van der Waals surface area contributed by atoms with Crippen molar-refractivity contribution in [3.8, 4) is 5.75 Å². The lowest BCUT2D eigenvalue weighted by molar-refractivity contribution is 0.0745. The van der Waals surface area contributed by atoms with Gasteiger partial charge >= 0.3 is 0 Å². The molecule has 2 aliphatic rings. The Morgan fingerprint density at radius 2 is 1.77 bits per heavy atom. The fraction of sp³-hybridized carbons (Fsp3) is 0.476. The van der Waals surface area contributed by atoms with E-state index in [1.54, 1.807) is 13.2 Å². The topological polar surface area (TPSA) is 71.0 Å². The third kappa shape index (κ3) is 4.52. The van der Waals surface area contributed by atoms with Gasteiger partial charge in [0.05, 0.1) is 25.9 Å². The summed E-state index contributed by atoms with van der Waals surface area (Å²) < 4.78 is 11.5. The maximum atomic E-state index is 13.0. The van der Waals surface area contributed by atoms with Gasteiger partial charge in [0.1, 0.15) is 11.6 Å². The Kier molecular flexibility index (Phi) is 6.38. The molecule has 0 saturated carbocycles. The Morgan fingerprint density at radius 1 is 1.03 bits per heavy atom. The average Bonchev–Trinajstić information content (AvgIpc) is 2.79. The van der Waals surface area contributed by atoms with Crippen LogP contribution in [0.4, 0.5) is 11.8 Å². The molecule has 2 aliphatic heterocycles. The minimum atomic E-state index is 0.00768. The van der Waals surface area contributed by atoms with Crippen LogP contribution in [0, 0.1) is 6.92 Å². The maximum Gasteiger partial charge on any atom is 0.255 e. The molecule has 1 aromatic heterocycles. The van der Waals surface area contributed by atoms with Gasteiger partial charge in [-0.2, -0.15) is 4.98 Å². The number of halogens is 1. The molecule has 0 atom stereocenters. The Hall–Kier alpha value is -2.39. The molecule has 0 aliphatic carbocycles. The first-order chi connectivity index (χ1) is 14.5. The smallest absolute Gasteiger partial charge is 0.255 e. The van der Waals surface area contributed by atoms with Crippen molar-refractivity contribution >= 4 is 33.6 Å². The predicted octanol–water partition coefficient (Wildman–Crippen LogP) is 2.36. The van der Waals surface area contributed by atoms with Crippen molar-refractivity contribution in [3.63, 3.8) is 0 Å². The van der Waals surface area contributed by atoms with Crippen molar-refractivity contribution in [2.75, 3.05) is 69.4 Å². The number of piperazine rings is 1. The molecule has 0 N–H and O–H groups in total. The molecule has 3 heterocycles. The van der Waals surface area contributed by atoms with E-state index in [0.29, 0.717) is 37.6 Å². The molecule has 4 rings (SSSR count). The van der Waals surface area contributed by atoms with Crippen LogP contribution in [0.1, 0.15) is 16.1 Å². The van der Waals surface area contributed by atoms with Gasteiger partial charge in [0, 0.05) is 55.5 Å². The second-order valence-corrected chi connectivity index (χ2v) is 8.25. The summed E-state index contributed by atoms with van der Waals surface area (Å²) in [7, 11) is 1.60. The Labute approximate surface area is 184 Å². The number of anilines is 2. The van der Waals surface area contributed by atoms with Gasteiger partial charge in [0.25, 0.3) is 5.91 Å². The first kappa shape index (κ1) is 20.9. The van der Waals surface area contributed by atoms with Gasteiger partial charge in [0.2, 0.25) is 5.95 Å². The van der Waals surface area contributed by atoms with Crippen LogP contribution in [0.3, 0.4) is 0 Å².